The Bertz CT molecular complexity index is 661. The van der Waals surface area contributed by atoms with Crippen LogP contribution in [0.25, 0.3) is 6.08 Å². The fourth-order valence-electron chi connectivity index (χ4n) is 5.93. The second-order valence-electron chi connectivity index (χ2n) is 10.6. The lowest BCUT2D eigenvalue weighted by atomic mass is 9.76. The van der Waals surface area contributed by atoms with Crippen molar-refractivity contribution in [2.24, 2.45) is 23.2 Å². The van der Waals surface area contributed by atoms with Gasteiger partial charge in [-0.15, -0.1) is 17.2 Å². The predicted octanol–water partition coefficient (Wildman–Crippen LogP) is 10.1. The number of benzene rings is 1. The lowest BCUT2D eigenvalue weighted by Gasteiger charge is -2.31. The largest absolute Gasteiger partial charge is 0.111 e. The van der Waals surface area contributed by atoms with E-state index in [0.717, 1.165) is 37.1 Å². The highest BCUT2D eigenvalue weighted by atomic mass is 32.0. The summed E-state index contributed by atoms with van der Waals surface area (Å²) in [6, 6.07) is 9.05. The molecule has 2 aliphatic rings. The van der Waals surface area contributed by atoms with E-state index in [-0.39, 0.29) is 15.0 Å². The molecule has 1 spiro atoms. The first-order valence-electron chi connectivity index (χ1n) is 12.5. The molecule has 7 unspecified atom stereocenters. The summed E-state index contributed by atoms with van der Waals surface area (Å²) in [4.78, 5) is 0. The van der Waals surface area contributed by atoms with Crippen LogP contribution in [-0.4, -0.2) is 25.2 Å². The molecule has 7 atom stereocenters. The van der Waals surface area contributed by atoms with Crippen molar-refractivity contribution in [1.29, 1.82) is 0 Å². The third kappa shape index (κ3) is 8.72. The fraction of sp³-hybridized carbons (Fsp3) is 0.714. The molecule has 1 aromatic rings. The fourth-order valence-corrected chi connectivity index (χ4v) is 11.3. The summed E-state index contributed by atoms with van der Waals surface area (Å²) in [7, 11) is 5.67. The van der Waals surface area contributed by atoms with Crippen molar-refractivity contribution in [2.75, 3.05) is 19.5 Å². The van der Waals surface area contributed by atoms with Crippen LogP contribution >= 0.6 is 33.1 Å². The number of hydrogen-bond donors (Lipinski definition) is 0. The van der Waals surface area contributed by atoms with Crippen LogP contribution in [0.2, 0.25) is 0 Å². The van der Waals surface area contributed by atoms with E-state index >= 15 is 0 Å². The van der Waals surface area contributed by atoms with Crippen LogP contribution in [0.3, 0.4) is 0 Å². The number of hydrogen-bond acceptors (Lipinski definition) is 0. The average Bonchev–Trinajstić information content (AvgIpc) is 3.49. The van der Waals surface area contributed by atoms with E-state index in [9.17, 15) is 0 Å². The summed E-state index contributed by atoms with van der Waals surface area (Å²) >= 11 is 0. The molecule has 2 saturated carbocycles. The zero-order chi connectivity index (χ0) is 22.3. The Balaban J connectivity index is 0.00000363. The quantitative estimate of drug-likeness (QED) is 0.232. The molecule has 0 nitrogen and oxygen atoms in total. The molecule has 0 aliphatic heterocycles. The van der Waals surface area contributed by atoms with Crippen molar-refractivity contribution < 1.29 is 0 Å². The molecular weight excluding hydrogens is 460 g/mol. The minimum atomic E-state index is 0. The van der Waals surface area contributed by atoms with E-state index in [1.165, 1.54) is 70.5 Å². The molecule has 32 heavy (non-hydrogen) atoms. The maximum Gasteiger partial charge on any atom is -0.0115 e. The van der Waals surface area contributed by atoms with Crippen LogP contribution in [0, 0.1) is 23.2 Å². The van der Waals surface area contributed by atoms with Gasteiger partial charge in [0.15, 0.2) is 0 Å². The maximum atomic E-state index is 3.87. The summed E-state index contributed by atoms with van der Waals surface area (Å²) in [5.74, 6) is 2.86. The minimum absolute atomic E-state index is 0. The molecule has 0 saturated heterocycles. The van der Waals surface area contributed by atoms with Crippen molar-refractivity contribution in [3.63, 3.8) is 0 Å². The zero-order valence-electron chi connectivity index (χ0n) is 20.2. The van der Waals surface area contributed by atoms with Crippen molar-refractivity contribution in [1.82, 2.24) is 0 Å². The van der Waals surface area contributed by atoms with Gasteiger partial charge in [0.1, 0.15) is 0 Å². The lowest BCUT2D eigenvalue weighted by Crippen LogP contribution is -2.19. The third-order valence-corrected chi connectivity index (χ3v) is 13.8. The molecule has 0 bridgehead atoms. The van der Waals surface area contributed by atoms with Gasteiger partial charge in [0.05, 0.1) is 0 Å². The van der Waals surface area contributed by atoms with Crippen LogP contribution in [0.5, 0.6) is 0 Å². The van der Waals surface area contributed by atoms with Crippen LogP contribution in [0.1, 0.15) is 83.3 Å². The topological polar surface area (TPSA) is 0 Å². The maximum absolute atomic E-state index is 3.87. The SMILES string of the molecule is C.C=Cc1ccc(CCC(CPPC)CC(C)CCC2CCC3(CC2)CC3P(C)P)cc1. The van der Waals surface area contributed by atoms with Gasteiger partial charge in [0.2, 0.25) is 0 Å². The molecule has 0 N–H and O–H groups in total. The van der Waals surface area contributed by atoms with Crippen molar-refractivity contribution >= 4 is 39.2 Å². The molecule has 2 fully saturated rings. The Morgan fingerprint density at radius 3 is 2.47 bits per heavy atom. The molecule has 0 amide bonds. The van der Waals surface area contributed by atoms with E-state index in [1.54, 1.807) is 19.3 Å². The van der Waals surface area contributed by atoms with E-state index < -0.39 is 0 Å². The molecule has 0 heterocycles. The monoisotopic (exact) mass is 510 g/mol. The molecule has 3 rings (SSSR count). The molecule has 4 heteroatoms. The van der Waals surface area contributed by atoms with Crippen LogP contribution in [0.4, 0.5) is 0 Å². The Morgan fingerprint density at radius 1 is 1.22 bits per heavy atom. The summed E-state index contributed by atoms with van der Waals surface area (Å²) in [5, 5.41) is 0. The highest BCUT2D eigenvalue weighted by Crippen LogP contribution is 2.72. The Morgan fingerprint density at radius 2 is 1.91 bits per heavy atom. The van der Waals surface area contributed by atoms with Gasteiger partial charge in [-0.05, 0) is 111 Å². The summed E-state index contributed by atoms with van der Waals surface area (Å²) in [6.07, 6.45) is 18.1. The van der Waals surface area contributed by atoms with Gasteiger partial charge >= 0.3 is 0 Å². The second-order valence-corrected chi connectivity index (χ2v) is 18.8. The van der Waals surface area contributed by atoms with E-state index in [0.29, 0.717) is 0 Å². The molecule has 2 aliphatic carbocycles. The first kappa shape index (κ1) is 28.9. The Kier molecular flexibility index (Phi) is 12.9. The van der Waals surface area contributed by atoms with E-state index in [4.69, 9.17) is 0 Å². The molecule has 182 valence electrons. The number of rotatable bonds is 13. The number of aryl methyl sites for hydroxylation is 1. The van der Waals surface area contributed by atoms with E-state index in [2.05, 4.69) is 60.0 Å². The van der Waals surface area contributed by atoms with E-state index in [1.807, 2.05) is 6.08 Å². The average molecular weight is 511 g/mol. The smallest absolute Gasteiger partial charge is 0.0115 e. The van der Waals surface area contributed by atoms with Crippen LogP contribution in [-0.2, 0) is 6.42 Å². The normalized spacial score (nSPS) is 28.1. The summed E-state index contributed by atoms with van der Waals surface area (Å²) < 4.78 is 0. The van der Waals surface area contributed by atoms with Gasteiger partial charge in [0.25, 0.3) is 0 Å². The first-order chi connectivity index (χ1) is 15.0. The molecule has 0 aromatic heterocycles. The second kappa shape index (κ2) is 14.3. The standard InChI is InChI=1S/C27H46P4.CH4/c1-5-22-8-10-23(11-9-22)12-13-25(20-30-29-3)18-21(2)6-7-24-14-16-27(17-15-24)19-26(27)31(4)28;/h5,8-11,21,24-26,29-30H,1,6-7,12-20,28H2,2-4H3;1H4. The lowest BCUT2D eigenvalue weighted by molar-refractivity contribution is 0.232. The molecular formula is C28H50P4. The summed E-state index contributed by atoms with van der Waals surface area (Å²) in [6.45, 7) is 11.3. The van der Waals surface area contributed by atoms with Crippen LogP contribution < -0.4 is 0 Å². The van der Waals surface area contributed by atoms with Gasteiger partial charge in [0, 0.05) is 0 Å². The Labute approximate surface area is 207 Å². The predicted molar refractivity (Wildman–Crippen MR) is 161 cm³/mol. The Hall–Kier alpha value is 0.680. The molecule has 0 radical (unpaired) electrons. The van der Waals surface area contributed by atoms with Crippen LogP contribution in [0.15, 0.2) is 30.8 Å². The first-order valence-corrected chi connectivity index (χ1v) is 19.7. The van der Waals surface area contributed by atoms with Crippen molar-refractivity contribution in [3.8, 4) is 0 Å². The van der Waals surface area contributed by atoms with Crippen molar-refractivity contribution in [2.45, 2.75) is 84.2 Å². The highest BCUT2D eigenvalue weighted by molar-refractivity contribution is 8.13. The van der Waals surface area contributed by atoms with Gasteiger partial charge in [-0.2, -0.15) is 0 Å². The van der Waals surface area contributed by atoms with Gasteiger partial charge in [-0.3, -0.25) is 0 Å². The zero-order valence-corrected chi connectivity index (χ0v) is 24.3. The van der Waals surface area contributed by atoms with Gasteiger partial charge < -0.3 is 0 Å². The molecule has 1 aromatic carbocycles. The minimum Gasteiger partial charge on any atom is -0.111 e. The van der Waals surface area contributed by atoms with Gasteiger partial charge in [-0.1, -0.05) is 80.0 Å². The highest BCUT2D eigenvalue weighted by Gasteiger charge is 2.55. The summed E-state index contributed by atoms with van der Waals surface area (Å²) in [5.41, 5.74) is 4.63. The van der Waals surface area contributed by atoms with Crippen molar-refractivity contribution in [3.05, 3.63) is 42.0 Å². The van der Waals surface area contributed by atoms with Gasteiger partial charge in [-0.25, -0.2) is 0 Å². The third-order valence-electron chi connectivity index (χ3n) is 8.17.